The SMILES string of the molecule is C=C(C)C(=O)O/C=C/Oc1ccc(-c2ccc(-c3ccc(O/C=C/CCOC(=O)C(=C)C)cc3)cc2)cc1. The van der Waals surface area contributed by atoms with E-state index in [0.29, 0.717) is 29.1 Å². The molecule has 0 radical (unpaired) electrons. The fourth-order valence-corrected chi connectivity index (χ4v) is 3.14. The Hall–Kier alpha value is -4.84. The quantitative estimate of drug-likeness (QED) is 0.109. The molecule has 0 N–H and O–H groups in total. The fourth-order valence-electron chi connectivity index (χ4n) is 3.14. The largest absolute Gasteiger partial charge is 0.465 e. The van der Waals surface area contributed by atoms with Gasteiger partial charge in [0.05, 0.1) is 12.9 Å². The summed E-state index contributed by atoms with van der Waals surface area (Å²) in [5.41, 5.74) is 4.98. The smallest absolute Gasteiger partial charge is 0.338 e. The van der Waals surface area contributed by atoms with Gasteiger partial charge in [-0.05, 0) is 66.4 Å². The van der Waals surface area contributed by atoms with Gasteiger partial charge in [0.25, 0.3) is 0 Å². The van der Waals surface area contributed by atoms with Gasteiger partial charge < -0.3 is 18.9 Å². The molecule has 0 heterocycles. The maximum Gasteiger partial charge on any atom is 0.338 e. The molecule has 6 heteroatoms. The van der Waals surface area contributed by atoms with Gasteiger partial charge in [0.2, 0.25) is 0 Å². The average molecular weight is 511 g/mol. The topological polar surface area (TPSA) is 71.1 Å². The van der Waals surface area contributed by atoms with Gasteiger partial charge in [-0.2, -0.15) is 0 Å². The van der Waals surface area contributed by atoms with Crippen LogP contribution in [0.25, 0.3) is 22.3 Å². The van der Waals surface area contributed by atoms with Crippen LogP contribution in [0.1, 0.15) is 20.3 Å². The lowest BCUT2D eigenvalue weighted by atomic mass is 10.0. The zero-order valence-electron chi connectivity index (χ0n) is 21.5. The number of hydrogen-bond acceptors (Lipinski definition) is 6. The van der Waals surface area contributed by atoms with E-state index in [0.717, 1.165) is 22.3 Å². The van der Waals surface area contributed by atoms with E-state index in [1.807, 2.05) is 48.5 Å². The van der Waals surface area contributed by atoms with Crippen molar-refractivity contribution in [1.29, 1.82) is 0 Å². The lowest BCUT2D eigenvalue weighted by Gasteiger charge is -2.07. The van der Waals surface area contributed by atoms with Crippen molar-refractivity contribution in [3.63, 3.8) is 0 Å². The van der Waals surface area contributed by atoms with Crippen molar-refractivity contribution in [1.82, 2.24) is 0 Å². The van der Waals surface area contributed by atoms with Crippen LogP contribution in [-0.2, 0) is 19.1 Å². The molecule has 0 saturated heterocycles. The highest BCUT2D eigenvalue weighted by Crippen LogP contribution is 2.27. The maximum atomic E-state index is 11.3. The van der Waals surface area contributed by atoms with Crippen LogP contribution in [0.3, 0.4) is 0 Å². The van der Waals surface area contributed by atoms with Crippen LogP contribution in [0.4, 0.5) is 0 Å². The first-order valence-corrected chi connectivity index (χ1v) is 12.0. The number of benzene rings is 3. The second kappa shape index (κ2) is 14.0. The van der Waals surface area contributed by atoms with Crippen LogP contribution in [-0.4, -0.2) is 18.5 Å². The lowest BCUT2D eigenvalue weighted by Crippen LogP contribution is -2.05. The van der Waals surface area contributed by atoms with Crippen molar-refractivity contribution in [3.05, 3.63) is 122 Å². The summed E-state index contributed by atoms with van der Waals surface area (Å²) in [6.07, 6.45) is 6.44. The van der Waals surface area contributed by atoms with Crippen LogP contribution >= 0.6 is 0 Å². The molecule has 0 saturated carbocycles. The predicted octanol–water partition coefficient (Wildman–Crippen LogP) is 7.39. The minimum Gasteiger partial charge on any atom is -0.465 e. The maximum absolute atomic E-state index is 11.3. The van der Waals surface area contributed by atoms with E-state index in [2.05, 4.69) is 37.4 Å². The van der Waals surface area contributed by atoms with E-state index in [9.17, 15) is 9.59 Å². The Morgan fingerprint density at radius 3 is 1.50 bits per heavy atom. The molecule has 0 aliphatic carbocycles. The highest BCUT2D eigenvalue weighted by atomic mass is 16.5. The molecule has 0 amide bonds. The first kappa shape index (κ1) is 27.7. The third kappa shape index (κ3) is 8.68. The Morgan fingerprint density at radius 1 is 0.632 bits per heavy atom. The summed E-state index contributed by atoms with van der Waals surface area (Å²) in [6, 6.07) is 23.7. The summed E-state index contributed by atoms with van der Waals surface area (Å²) < 4.78 is 20.9. The molecule has 0 fully saturated rings. The Balaban J connectivity index is 1.49. The normalized spacial score (nSPS) is 10.8. The third-order valence-electron chi connectivity index (χ3n) is 5.21. The number of carbonyl (C=O) groups excluding carboxylic acids is 2. The van der Waals surface area contributed by atoms with E-state index in [-0.39, 0.29) is 12.6 Å². The molecule has 3 rings (SSSR count). The molecule has 3 aromatic rings. The highest BCUT2D eigenvalue weighted by molar-refractivity contribution is 5.87. The second-order valence-corrected chi connectivity index (χ2v) is 8.40. The zero-order chi connectivity index (χ0) is 27.3. The third-order valence-corrected chi connectivity index (χ3v) is 5.21. The van der Waals surface area contributed by atoms with Gasteiger partial charge in [-0.3, -0.25) is 0 Å². The van der Waals surface area contributed by atoms with Crippen molar-refractivity contribution < 1.29 is 28.5 Å². The predicted molar refractivity (Wildman–Crippen MR) is 148 cm³/mol. The number of hydrogen-bond donors (Lipinski definition) is 0. The molecule has 0 spiro atoms. The Bertz CT molecular complexity index is 1310. The molecule has 194 valence electrons. The van der Waals surface area contributed by atoms with Crippen LogP contribution in [0.5, 0.6) is 11.5 Å². The van der Waals surface area contributed by atoms with Crippen LogP contribution in [0.2, 0.25) is 0 Å². The number of ether oxygens (including phenoxy) is 4. The standard InChI is InChI=1S/C32H30O6/c1-23(2)31(33)37-20-6-5-19-35-29-15-11-27(12-16-29)25-7-9-26(10-8-25)28-13-17-30(18-14-28)36-21-22-38-32(34)24(3)4/h5,7-19,21-22H,1,3,6,20H2,2,4H3/b19-5+,22-21+. The molecule has 0 aliphatic rings. The average Bonchev–Trinajstić information content (AvgIpc) is 2.93. The van der Waals surface area contributed by atoms with Gasteiger partial charge in [-0.25, -0.2) is 9.59 Å². The first-order valence-electron chi connectivity index (χ1n) is 12.0. The Kier molecular flexibility index (Phi) is 10.3. The molecular formula is C32H30O6. The summed E-state index contributed by atoms with van der Waals surface area (Å²) in [4.78, 5) is 22.7. The first-order chi connectivity index (χ1) is 18.3. The van der Waals surface area contributed by atoms with Crippen LogP contribution in [0.15, 0.2) is 122 Å². The van der Waals surface area contributed by atoms with E-state index >= 15 is 0 Å². The molecule has 0 atom stereocenters. The second-order valence-electron chi connectivity index (χ2n) is 8.40. The summed E-state index contributed by atoms with van der Waals surface area (Å²) in [5.74, 6) is 0.446. The molecule has 0 bridgehead atoms. The molecule has 0 aliphatic heterocycles. The lowest BCUT2D eigenvalue weighted by molar-refractivity contribution is -0.138. The molecular weight excluding hydrogens is 480 g/mol. The van der Waals surface area contributed by atoms with Crippen LogP contribution < -0.4 is 9.47 Å². The van der Waals surface area contributed by atoms with Gasteiger partial charge in [0, 0.05) is 17.6 Å². The van der Waals surface area contributed by atoms with Gasteiger partial charge in [-0.1, -0.05) is 61.7 Å². The highest BCUT2D eigenvalue weighted by Gasteiger charge is 2.03. The summed E-state index contributed by atoms with van der Waals surface area (Å²) >= 11 is 0. The minimum atomic E-state index is -0.502. The van der Waals surface area contributed by atoms with E-state index in [4.69, 9.17) is 18.9 Å². The van der Waals surface area contributed by atoms with Crippen molar-refractivity contribution in [2.45, 2.75) is 20.3 Å². The van der Waals surface area contributed by atoms with Gasteiger partial charge in [0.15, 0.2) is 0 Å². The minimum absolute atomic E-state index is 0.282. The molecule has 0 aromatic heterocycles. The molecule has 0 unspecified atom stereocenters. The van der Waals surface area contributed by atoms with Gasteiger partial charge >= 0.3 is 11.9 Å². The van der Waals surface area contributed by atoms with E-state index in [1.165, 1.54) is 12.5 Å². The summed E-state index contributed by atoms with van der Waals surface area (Å²) in [5, 5.41) is 0. The van der Waals surface area contributed by atoms with Crippen molar-refractivity contribution in [2.75, 3.05) is 6.61 Å². The summed E-state index contributed by atoms with van der Waals surface area (Å²) in [7, 11) is 0. The Labute approximate surface area is 223 Å². The van der Waals surface area contributed by atoms with E-state index in [1.54, 1.807) is 26.2 Å². The van der Waals surface area contributed by atoms with Crippen molar-refractivity contribution in [2.24, 2.45) is 0 Å². The molecule has 38 heavy (non-hydrogen) atoms. The van der Waals surface area contributed by atoms with Crippen molar-refractivity contribution in [3.8, 4) is 33.8 Å². The zero-order valence-corrected chi connectivity index (χ0v) is 21.5. The Morgan fingerprint density at radius 2 is 1.05 bits per heavy atom. The number of rotatable bonds is 12. The fraction of sp³-hybridized carbons (Fsp3) is 0.125. The van der Waals surface area contributed by atoms with Crippen LogP contribution in [0, 0.1) is 0 Å². The molecule has 3 aromatic carbocycles. The van der Waals surface area contributed by atoms with Gasteiger partial charge in [-0.15, -0.1) is 0 Å². The van der Waals surface area contributed by atoms with E-state index < -0.39 is 5.97 Å². The monoisotopic (exact) mass is 510 g/mol. The molecule has 6 nitrogen and oxygen atoms in total. The number of esters is 2. The number of carbonyl (C=O) groups is 2. The van der Waals surface area contributed by atoms with Crippen molar-refractivity contribution >= 4 is 11.9 Å². The van der Waals surface area contributed by atoms with Gasteiger partial charge in [0.1, 0.15) is 24.0 Å². The summed E-state index contributed by atoms with van der Waals surface area (Å²) in [6.45, 7) is 10.5.